The zero-order valence-electron chi connectivity index (χ0n) is 13.8. The van der Waals surface area contributed by atoms with Gasteiger partial charge in [0.1, 0.15) is 5.82 Å². The van der Waals surface area contributed by atoms with Crippen molar-refractivity contribution in [3.63, 3.8) is 0 Å². The molecule has 0 aromatic heterocycles. The van der Waals surface area contributed by atoms with Gasteiger partial charge in [0.2, 0.25) is 5.91 Å². The molecule has 2 fully saturated rings. The van der Waals surface area contributed by atoms with E-state index in [-0.39, 0.29) is 28.3 Å². The molecule has 4 nitrogen and oxygen atoms in total. The molecule has 1 saturated carbocycles. The SMILES string of the molecule is Cc1cc(N2CCC3(CCC(OS(C)=O)CC3)C2=O)c(Cl)cc1F. The van der Waals surface area contributed by atoms with E-state index in [1.165, 1.54) is 12.3 Å². The number of carbonyl (C=O) groups excluding carboxylic acids is 1. The molecule has 0 bridgehead atoms. The second kappa shape index (κ2) is 6.73. The maximum Gasteiger partial charge on any atom is 0.233 e. The van der Waals surface area contributed by atoms with Gasteiger partial charge in [0.25, 0.3) is 0 Å². The topological polar surface area (TPSA) is 46.6 Å². The van der Waals surface area contributed by atoms with Gasteiger partial charge in [0.15, 0.2) is 11.1 Å². The molecule has 1 amide bonds. The monoisotopic (exact) mass is 373 g/mol. The smallest absolute Gasteiger partial charge is 0.233 e. The molecule has 1 aromatic rings. The standard InChI is InChI=1S/C17H21ClFNO3S/c1-11-9-15(13(18)10-14(11)19)20-8-7-17(16(20)21)5-3-12(4-6-17)23-24(2)22/h9-10,12H,3-8H2,1-2H3. The number of anilines is 1. The Morgan fingerprint density at radius 2 is 2.00 bits per heavy atom. The highest BCUT2D eigenvalue weighted by molar-refractivity contribution is 7.79. The molecular formula is C17H21ClFNO3S. The molecule has 132 valence electrons. The van der Waals surface area contributed by atoms with E-state index in [0.717, 1.165) is 32.1 Å². The lowest BCUT2D eigenvalue weighted by atomic mass is 9.72. The lowest BCUT2D eigenvalue weighted by molar-refractivity contribution is -0.127. The zero-order chi connectivity index (χ0) is 17.5. The van der Waals surface area contributed by atoms with E-state index >= 15 is 0 Å². The molecule has 1 unspecified atom stereocenters. The molecule has 3 rings (SSSR count). The van der Waals surface area contributed by atoms with Crippen LogP contribution in [0.25, 0.3) is 0 Å². The predicted octanol–water partition coefficient (Wildman–Crippen LogP) is 3.76. The normalized spacial score (nSPS) is 28.6. The molecule has 24 heavy (non-hydrogen) atoms. The third kappa shape index (κ3) is 3.24. The van der Waals surface area contributed by atoms with Crippen LogP contribution < -0.4 is 4.90 Å². The fourth-order valence-electron chi connectivity index (χ4n) is 3.79. The summed E-state index contributed by atoms with van der Waals surface area (Å²) in [6, 6.07) is 2.91. The van der Waals surface area contributed by atoms with Crippen molar-refractivity contribution < 1.29 is 17.6 Å². The van der Waals surface area contributed by atoms with Gasteiger partial charge in [-0.3, -0.25) is 8.98 Å². The number of aryl methyl sites for hydroxylation is 1. The van der Waals surface area contributed by atoms with Gasteiger partial charge in [-0.2, -0.15) is 0 Å². The molecule has 1 atom stereocenters. The molecule has 1 aromatic carbocycles. The van der Waals surface area contributed by atoms with E-state index in [2.05, 4.69) is 0 Å². The average molecular weight is 374 g/mol. The second-order valence-corrected chi connectivity index (χ2v) is 8.14. The summed E-state index contributed by atoms with van der Waals surface area (Å²) in [5.41, 5.74) is 0.678. The summed E-state index contributed by atoms with van der Waals surface area (Å²) in [6.07, 6.45) is 5.15. The van der Waals surface area contributed by atoms with Crippen molar-refractivity contribution in [3.05, 3.63) is 28.5 Å². The average Bonchev–Trinajstić information content (AvgIpc) is 2.82. The molecule has 1 heterocycles. The number of hydrogen-bond acceptors (Lipinski definition) is 3. The van der Waals surface area contributed by atoms with Crippen LogP contribution in [-0.2, 0) is 20.1 Å². The Morgan fingerprint density at radius 1 is 1.33 bits per heavy atom. The summed E-state index contributed by atoms with van der Waals surface area (Å²) in [5, 5.41) is 0.266. The van der Waals surface area contributed by atoms with Crippen LogP contribution in [0.2, 0.25) is 5.02 Å². The van der Waals surface area contributed by atoms with Gasteiger partial charge in [-0.1, -0.05) is 11.6 Å². The second-order valence-electron chi connectivity index (χ2n) is 6.74. The van der Waals surface area contributed by atoms with Crippen LogP contribution >= 0.6 is 11.6 Å². The van der Waals surface area contributed by atoms with E-state index in [9.17, 15) is 13.4 Å². The van der Waals surface area contributed by atoms with Crippen LogP contribution in [0.15, 0.2) is 12.1 Å². The lowest BCUT2D eigenvalue weighted by Crippen LogP contribution is -2.39. The van der Waals surface area contributed by atoms with Crippen LogP contribution in [0.5, 0.6) is 0 Å². The number of benzene rings is 1. The Balaban J connectivity index is 1.77. The predicted molar refractivity (Wildman–Crippen MR) is 93.0 cm³/mol. The first-order valence-corrected chi connectivity index (χ1v) is 9.97. The van der Waals surface area contributed by atoms with Crippen molar-refractivity contribution >= 4 is 34.3 Å². The van der Waals surface area contributed by atoms with Gasteiger partial charge in [0.05, 0.1) is 22.2 Å². The maximum absolute atomic E-state index is 13.6. The largest absolute Gasteiger partial charge is 0.310 e. The molecule has 0 radical (unpaired) electrons. The summed E-state index contributed by atoms with van der Waals surface area (Å²) < 4.78 is 30.2. The molecule has 7 heteroatoms. The Kier molecular flexibility index (Phi) is 5.00. The van der Waals surface area contributed by atoms with E-state index in [0.29, 0.717) is 17.8 Å². The van der Waals surface area contributed by atoms with Crippen molar-refractivity contribution in [1.29, 1.82) is 0 Å². The van der Waals surface area contributed by atoms with Crippen molar-refractivity contribution in [2.45, 2.75) is 45.1 Å². The van der Waals surface area contributed by atoms with Crippen LogP contribution in [0, 0.1) is 18.2 Å². The highest BCUT2D eigenvalue weighted by Crippen LogP contribution is 2.47. The summed E-state index contributed by atoms with van der Waals surface area (Å²) in [4.78, 5) is 14.7. The number of rotatable bonds is 3. The van der Waals surface area contributed by atoms with E-state index in [1.807, 2.05) is 0 Å². The minimum atomic E-state index is -1.28. The minimum Gasteiger partial charge on any atom is -0.310 e. The van der Waals surface area contributed by atoms with Crippen LogP contribution in [0.1, 0.15) is 37.7 Å². The molecule has 1 aliphatic heterocycles. The third-order valence-electron chi connectivity index (χ3n) is 5.19. The number of carbonyl (C=O) groups is 1. The Hall–Kier alpha value is -0.980. The highest BCUT2D eigenvalue weighted by atomic mass is 35.5. The molecule has 1 saturated heterocycles. The van der Waals surface area contributed by atoms with Crippen LogP contribution in [0.4, 0.5) is 10.1 Å². The number of hydrogen-bond donors (Lipinski definition) is 0. The van der Waals surface area contributed by atoms with E-state index < -0.39 is 11.1 Å². The summed E-state index contributed by atoms with van der Waals surface area (Å²) in [7, 11) is 0. The van der Waals surface area contributed by atoms with Gasteiger partial charge in [-0.25, -0.2) is 8.60 Å². The first-order chi connectivity index (χ1) is 11.3. The van der Waals surface area contributed by atoms with Gasteiger partial charge < -0.3 is 4.90 Å². The minimum absolute atomic E-state index is 0.0417. The van der Waals surface area contributed by atoms with Crippen molar-refractivity contribution in [3.8, 4) is 0 Å². The summed E-state index contributed by atoms with van der Waals surface area (Å²) in [6.45, 7) is 2.26. The van der Waals surface area contributed by atoms with Gasteiger partial charge in [-0.05, 0) is 56.7 Å². The van der Waals surface area contributed by atoms with Crippen molar-refractivity contribution in [2.75, 3.05) is 17.7 Å². The molecule has 1 aliphatic carbocycles. The highest BCUT2D eigenvalue weighted by Gasteiger charge is 2.49. The van der Waals surface area contributed by atoms with E-state index in [1.54, 1.807) is 17.9 Å². The molecular weight excluding hydrogens is 353 g/mol. The summed E-state index contributed by atoms with van der Waals surface area (Å²) >= 11 is 4.89. The van der Waals surface area contributed by atoms with Crippen LogP contribution in [0.3, 0.4) is 0 Å². The molecule has 2 aliphatic rings. The van der Waals surface area contributed by atoms with E-state index in [4.69, 9.17) is 15.8 Å². The first kappa shape index (κ1) is 17.8. The Morgan fingerprint density at radius 3 is 2.62 bits per heavy atom. The van der Waals surface area contributed by atoms with Gasteiger partial charge >= 0.3 is 0 Å². The lowest BCUT2D eigenvalue weighted by Gasteiger charge is -2.35. The number of nitrogens with zero attached hydrogens (tertiary/aromatic N) is 1. The van der Waals surface area contributed by atoms with Crippen molar-refractivity contribution in [1.82, 2.24) is 0 Å². The third-order valence-corrected chi connectivity index (χ3v) is 6.04. The van der Waals surface area contributed by atoms with Gasteiger partial charge in [-0.15, -0.1) is 0 Å². The maximum atomic E-state index is 13.6. The molecule has 0 N–H and O–H groups in total. The fourth-order valence-corrected chi connectivity index (χ4v) is 4.62. The number of amides is 1. The fraction of sp³-hybridized carbons (Fsp3) is 0.588. The first-order valence-electron chi connectivity index (χ1n) is 8.10. The Labute approximate surface area is 149 Å². The quantitative estimate of drug-likeness (QED) is 0.810. The van der Waals surface area contributed by atoms with Gasteiger partial charge in [0, 0.05) is 12.8 Å². The summed E-state index contributed by atoms with van der Waals surface area (Å²) in [5.74, 6) is -0.304. The zero-order valence-corrected chi connectivity index (χ0v) is 15.4. The number of halogens is 2. The Bertz CT molecular complexity index is 689. The molecule has 1 spiro atoms. The van der Waals surface area contributed by atoms with Crippen LogP contribution in [-0.4, -0.2) is 29.0 Å². The van der Waals surface area contributed by atoms with Crippen molar-refractivity contribution in [2.24, 2.45) is 5.41 Å².